The third-order valence-corrected chi connectivity index (χ3v) is 5.76. The molecule has 1 aliphatic heterocycles. The summed E-state index contributed by atoms with van der Waals surface area (Å²) >= 11 is 0. The van der Waals surface area contributed by atoms with Crippen LogP contribution in [0.15, 0.2) is 89.9 Å². The minimum absolute atomic E-state index is 0.190. The van der Waals surface area contributed by atoms with Gasteiger partial charge in [-0.3, -0.25) is 14.5 Å². The number of benzodiazepines with no additional fused rings is 1. The van der Waals surface area contributed by atoms with E-state index in [4.69, 9.17) is 9.73 Å². The number of fused-ring (bicyclic) bond motifs is 1. The third-order valence-electron chi connectivity index (χ3n) is 5.76. The van der Waals surface area contributed by atoms with Crippen LogP contribution in [0, 0.1) is 0 Å². The first-order chi connectivity index (χ1) is 17.5. The van der Waals surface area contributed by atoms with Gasteiger partial charge in [0.25, 0.3) is 5.91 Å². The quantitative estimate of drug-likeness (QED) is 0.498. The molecule has 0 aromatic heterocycles. The lowest BCUT2D eigenvalue weighted by Crippen LogP contribution is -2.51. The Kier molecular flexibility index (Phi) is 7.75. The molecular formula is C28H28N4O4. The number of nitrogens with one attached hydrogen (secondary N) is 2. The summed E-state index contributed by atoms with van der Waals surface area (Å²) in [5.41, 5.74) is 3.42. The smallest absolute Gasteiger partial charge is 0.326 e. The Hall–Kier alpha value is -4.46. The van der Waals surface area contributed by atoms with E-state index in [1.54, 1.807) is 19.1 Å². The molecular weight excluding hydrogens is 456 g/mol. The lowest BCUT2D eigenvalue weighted by atomic mass is 10.0. The fraction of sp³-hybridized carbons (Fsp3) is 0.214. The van der Waals surface area contributed by atoms with Gasteiger partial charge in [0.2, 0.25) is 6.17 Å². The van der Waals surface area contributed by atoms with E-state index in [-0.39, 0.29) is 19.2 Å². The molecule has 8 nitrogen and oxygen atoms in total. The van der Waals surface area contributed by atoms with Gasteiger partial charge < -0.3 is 15.4 Å². The van der Waals surface area contributed by atoms with Crippen LogP contribution in [0.2, 0.25) is 0 Å². The molecule has 0 aliphatic carbocycles. The standard InChI is InChI=1S/C28H28N4O4/c1-3-36-24(33)18-32-23-17-11-10-16-22(23)25(21-14-8-5-9-15-21)30-26(27(32)34)31-28(35)29-19(2)20-12-6-4-7-13-20/h4-17,19,26H,3,18H2,1-2H3,(H2,29,31,35)/t19-,26+/m0/s1. The SMILES string of the molecule is CCOC(=O)CN1C(=O)[C@@H](NC(=O)N[C@@H](C)c2ccccc2)N=C(c2ccccc2)c2ccccc21. The van der Waals surface area contributed by atoms with Crippen molar-refractivity contribution in [2.45, 2.75) is 26.1 Å². The Bertz CT molecular complexity index is 1260. The fourth-order valence-corrected chi connectivity index (χ4v) is 4.04. The number of urea groups is 1. The average molecular weight is 485 g/mol. The molecule has 0 saturated heterocycles. The average Bonchev–Trinajstić information content (AvgIpc) is 3.00. The number of para-hydroxylation sites is 1. The summed E-state index contributed by atoms with van der Waals surface area (Å²) in [5.74, 6) is -1.09. The first-order valence-electron chi connectivity index (χ1n) is 11.8. The molecule has 0 bridgehead atoms. The van der Waals surface area contributed by atoms with E-state index < -0.39 is 24.1 Å². The Morgan fingerprint density at radius 3 is 2.31 bits per heavy atom. The van der Waals surface area contributed by atoms with Gasteiger partial charge >= 0.3 is 12.0 Å². The Morgan fingerprint density at radius 2 is 1.61 bits per heavy atom. The van der Waals surface area contributed by atoms with Crippen molar-refractivity contribution in [3.8, 4) is 0 Å². The molecule has 2 atom stereocenters. The molecule has 0 radical (unpaired) electrons. The number of esters is 1. The van der Waals surface area contributed by atoms with Crippen LogP contribution < -0.4 is 15.5 Å². The number of aliphatic imine (C=N–C) groups is 1. The second-order valence-corrected chi connectivity index (χ2v) is 8.24. The third kappa shape index (κ3) is 5.60. The van der Waals surface area contributed by atoms with E-state index in [1.807, 2.05) is 79.7 Å². The van der Waals surface area contributed by atoms with Crippen LogP contribution in [0.3, 0.4) is 0 Å². The number of carbonyl (C=O) groups is 3. The van der Waals surface area contributed by atoms with Gasteiger partial charge in [-0.2, -0.15) is 0 Å². The number of benzene rings is 3. The van der Waals surface area contributed by atoms with E-state index in [2.05, 4.69) is 10.6 Å². The molecule has 4 rings (SSSR count). The van der Waals surface area contributed by atoms with Crippen molar-refractivity contribution in [2.75, 3.05) is 18.1 Å². The van der Waals surface area contributed by atoms with E-state index in [9.17, 15) is 14.4 Å². The lowest BCUT2D eigenvalue weighted by Gasteiger charge is -2.25. The fourth-order valence-electron chi connectivity index (χ4n) is 4.04. The molecule has 3 aromatic rings. The van der Waals surface area contributed by atoms with E-state index in [1.165, 1.54) is 4.90 Å². The molecule has 0 saturated carbocycles. The van der Waals surface area contributed by atoms with Crippen LogP contribution in [-0.2, 0) is 14.3 Å². The summed E-state index contributed by atoms with van der Waals surface area (Å²) < 4.78 is 5.11. The molecule has 0 spiro atoms. The second kappa shape index (κ2) is 11.3. The second-order valence-electron chi connectivity index (χ2n) is 8.24. The molecule has 184 valence electrons. The molecule has 0 unspecified atom stereocenters. The largest absolute Gasteiger partial charge is 0.465 e. The van der Waals surface area contributed by atoms with Crippen LogP contribution in [0.5, 0.6) is 0 Å². The normalized spacial score (nSPS) is 15.7. The van der Waals surface area contributed by atoms with Crippen molar-refractivity contribution in [1.29, 1.82) is 0 Å². The van der Waals surface area contributed by atoms with Crippen molar-refractivity contribution in [3.05, 3.63) is 102 Å². The van der Waals surface area contributed by atoms with Gasteiger partial charge in [-0.25, -0.2) is 9.79 Å². The summed E-state index contributed by atoms with van der Waals surface area (Å²) in [6, 6.07) is 25.3. The molecule has 8 heteroatoms. The van der Waals surface area contributed by atoms with Crippen LogP contribution in [0.4, 0.5) is 10.5 Å². The van der Waals surface area contributed by atoms with E-state index in [0.29, 0.717) is 17.0 Å². The maximum atomic E-state index is 13.7. The minimum atomic E-state index is -1.26. The van der Waals surface area contributed by atoms with Gasteiger partial charge in [0, 0.05) is 11.1 Å². The zero-order valence-electron chi connectivity index (χ0n) is 20.2. The molecule has 0 fully saturated rings. The predicted molar refractivity (Wildman–Crippen MR) is 138 cm³/mol. The molecule has 3 aromatic carbocycles. The maximum absolute atomic E-state index is 13.7. The number of carbonyl (C=O) groups excluding carboxylic acids is 3. The van der Waals surface area contributed by atoms with Gasteiger partial charge in [0.05, 0.1) is 24.0 Å². The summed E-state index contributed by atoms with van der Waals surface area (Å²) in [4.78, 5) is 45.1. The van der Waals surface area contributed by atoms with E-state index in [0.717, 1.165) is 11.1 Å². The van der Waals surface area contributed by atoms with Gasteiger partial charge in [0.1, 0.15) is 6.54 Å². The number of ether oxygens (including phenoxy) is 1. The van der Waals surface area contributed by atoms with E-state index >= 15 is 0 Å². The van der Waals surface area contributed by atoms with Crippen LogP contribution in [0.1, 0.15) is 36.6 Å². The first-order valence-corrected chi connectivity index (χ1v) is 11.8. The van der Waals surface area contributed by atoms with Gasteiger partial charge in [-0.1, -0.05) is 78.9 Å². The van der Waals surface area contributed by atoms with Gasteiger partial charge in [0.15, 0.2) is 0 Å². The summed E-state index contributed by atoms with van der Waals surface area (Å²) in [6.45, 7) is 3.44. The maximum Gasteiger partial charge on any atom is 0.326 e. The number of hydrogen-bond donors (Lipinski definition) is 2. The zero-order valence-corrected chi connectivity index (χ0v) is 20.2. The van der Waals surface area contributed by atoms with Crippen LogP contribution in [0.25, 0.3) is 0 Å². The highest BCUT2D eigenvalue weighted by molar-refractivity contribution is 6.20. The van der Waals surface area contributed by atoms with Crippen LogP contribution >= 0.6 is 0 Å². The summed E-state index contributed by atoms with van der Waals surface area (Å²) in [5, 5.41) is 5.55. The zero-order chi connectivity index (χ0) is 25.5. The summed E-state index contributed by atoms with van der Waals surface area (Å²) in [7, 11) is 0. The van der Waals surface area contributed by atoms with Gasteiger partial charge in [-0.05, 0) is 25.5 Å². The number of amides is 3. The minimum Gasteiger partial charge on any atom is -0.465 e. The molecule has 3 amide bonds. The Labute approximate surface area is 210 Å². The Balaban J connectivity index is 1.69. The van der Waals surface area contributed by atoms with Crippen molar-refractivity contribution >= 4 is 29.3 Å². The molecule has 1 aliphatic rings. The highest BCUT2D eigenvalue weighted by Gasteiger charge is 2.34. The monoisotopic (exact) mass is 484 g/mol. The number of nitrogens with zero attached hydrogens (tertiary/aromatic N) is 2. The molecule has 2 N–H and O–H groups in total. The lowest BCUT2D eigenvalue weighted by molar-refractivity contribution is -0.142. The number of rotatable bonds is 7. The Morgan fingerprint density at radius 1 is 0.972 bits per heavy atom. The number of anilines is 1. The highest BCUT2D eigenvalue weighted by atomic mass is 16.5. The topological polar surface area (TPSA) is 100 Å². The number of hydrogen-bond acceptors (Lipinski definition) is 5. The molecule has 1 heterocycles. The first kappa shape index (κ1) is 24.7. The van der Waals surface area contributed by atoms with Crippen molar-refractivity contribution < 1.29 is 19.1 Å². The predicted octanol–water partition coefficient (Wildman–Crippen LogP) is 3.82. The van der Waals surface area contributed by atoms with Gasteiger partial charge in [-0.15, -0.1) is 0 Å². The van der Waals surface area contributed by atoms with Crippen molar-refractivity contribution in [1.82, 2.24) is 10.6 Å². The van der Waals surface area contributed by atoms with Crippen molar-refractivity contribution in [3.63, 3.8) is 0 Å². The molecule has 36 heavy (non-hydrogen) atoms. The van der Waals surface area contributed by atoms with Crippen LogP contribution in [-0.4, -0.2) is 42.9 Å². The summed E-state index contributed by atoms with van der Waals surface area (Å²) in [6.07, 6.45) is -1.26. The van der Waals surface area contributed by atoms with Crippen molar-refractivity contribution in [2.24, 2.45) is 4.99 Å². The highest BCUT2D eigenvalue weighted by Crippen LogP contribution is 2.28.